The zero-order valence-electron chi connectivity index (χ0n) is 19.7. The average Bonchev–Trinajstić information content (AvgIpc) is 3.33. The minimum Gasteiger partial charge on any atom is -0.497 e. The van der Waals surface area contributed by atoms with Gasteiger partial charge in [0.25, 0.3) is 11.5 Å². The lowest BCUT2D eigenvalue weighted by molar-refractivity contribution is -0.139. The highest BCUT2D eigenvalue weighted by Crippen LogP contribution is 2.33. The number of esters is 1. The molecule has 8 nitrogen and oxygen atoms in total. The van der Waals surface area contributed by atoms with E-state index in [9.17, 15) is 14.4 Å². The van der Waals surface area contributed by atoms with Crippen LogP contribution in [0.4, 0.5) is 5.69 Å². The second-order valence-corrected chi connectivity index (χ2v) is 9.25. The summed E-state index contributed by atoms with van der Waals surface area (Å²) in [5.41, 5.74) is 3.71. The van der Waals surface area contributed by atoms with Crippen molar-refractivity contribution in [2.75, 3.05) is 19.0 Å². The monoisotopic (exact) mass is 489 g/mol. The summed E-state index contributed by atoms with van der Waals surface area (Å²) >= 11 is 1.14. The van der Waals surface area contributed by atoms with E-state index >= 15 is 0 Å². The minimum absolute atomic E-state index is 0.190. The number of ether oxygens (including phenoxy) is 2. The van der Waals surface area contributed by atoms with Crippen LogP contribution in [0.3, 0.4) is 0 Å². The molecule has 2 aliphatic rings. The SMILES string of the molecule is CCOC(=O)C1=C(C)N=c2s/c(=C3\C(=O)Nc4ccc(C)cc43)c(=O)n2[C@H]1c1ccc(OC)cc1. The average molecular weight is 490 g/mol. The number of amides is 1. The van der Waals surface area contributed by atoms with Gasteiger partial charge in [-0.2, -0.15) is 0 Å². The highest BCUT2D eigenvalue weighted by molar-refractivity contribution is 7.07. The van der Waals surface area contributed by atoms with E-state index in [1.165, 1.54) is 4.57 Å². The molecule has 0 spiro atoms. The van der Waals surface area contributed by atoms with E-state index in [-0.39, 0.29) is 28.2 Å². The van der Waals surface area contributed by atoms with Gasteiger partial charge in [0.05, 0.1) is 36.6 Å². The topological polar surface area (TPSA) is 99.0 Å². The van der Waals surface area contributed by atoms with Crippen LogP contribution in [0, 0.1) is 6.92 Å². The molecule has 0 saturated carbocycles. The molecular formula is C26H23N3O5S. The number of methoxy groups -OCH3 is 1. The third-order valence-corrected chi connectivity index (χ3v) is 7.12. The van der Waals surface area contributed by atoms with Gasteiger partial charge in [0.15, 0.2) is 4.80 Å². The van der Waals surface area contributed by atoms with Crippen LogP contribution in [0.2, 0.25) is 0 Å². The van der Waals surface area contributed by atoms with Gasteiger partial charge in [-0.3, -0.25) is 14.2 Å². The standard InChI is InChI=1S/C26H23N3O5S/c1-5-34-25(32)19-14(3)27-26-29(21(19)15-7-9-16(33-4)10-8-15)24(31)22(35-26)20-17-12-13(2)6-11-18(17)28-23(20)30/h6-12,21H,5H2,1-4H3,(H,28,30)/b22-20-/t21-/m0/s1. The highest BCUT2D eigenvalue weighted by atomic mass is 32.1. The predicted molar refractivity (Wildman–Crippen MR) is 132 cm³/mol. The van der Waals surface area contributed by atoms with Crippen molar-refractivity contribution in [3.63, 3.8) is 0 Å². The molecule has 35 heavy (non-hydrogen) atoms. The molecular weight excluding hydrogens is 466 g/mol. The molecule has 2 aliphatic heterocycles. The van der Waals surface area contributed by atoms with Crippen LogP contribution in [-0.2, 0) is 14.3 Å². The quantitative estimate of drug-likeness (QED) is 0.568. The molecule has 9 heteroatoms. The lowest BCUT2D eigenvalue weighted by Crippen LogP contribution is -2.40. The van der Waals surface area contributed by atoms with Gasteiger partial charge in [-0.25, -0.2) is 9.79 Å². The van der Waals surface area contributed by atoms with E-state index in [1.54, 1.807) is 33.1 Å². The third kappa shape index (κ3) is 3.68. The van der Waals surface area contributed by atoms with E-state index in [0.717, 1.165) is 16.9 Å². The lowest BCUT2D eigenvalue weighted by atomic mass is 9.96. The van der Waals surface area contributed by atoms with Crippen LogP contribution in [-0.4, -0.2) is 30.2 Å². The fourth-order valence-corrected chi connectivity index (χ4v) is 5.59. The molecule has 1 aromatic heterocycles. The molecule has 1 amide bonds. The van der Waals surface area contributed by atoms with Crippen molar-refractivity contribution >= 4 is 34.5 Å². The lowest BCUT2D eigenvalue weighted by Gasteiger charge is -2.24. The van der Waals surface area contributed by atoms with Crippen molar-refractivity contribution < 1.29 is 19.1 Å². The fourth-order valence-electron chi connectivity index (χ4n) is 4.45. The fraction of sp³-hybridized carbons (Fsp3) is 0.231. The molecule has 2 aromatic carbocycles. The molecule has 1 atom stereocenters. The molecule has 0 unspecified atom stereocenters. The number of nitrogens with one attached hydrogen (secondary N) is 1. The van der Waals surface area contributed by atoms with E-state index in [2.05, 4.69) is 10.3 Å². The van der Waals surface area contributed by atoms with Crippen LogP contribution in [0.25, 0.3) is 5.57 Å². The van der Waals surface area contributed by atoms with Gasteiger partial charge in [0.1, 0.15) is 10.3 Å². The zero-order chi connectivity index (χ0) is 24.9. The van der Waals surface area contributed by atoms with Crippen molar-refractivity contribution in [2.45, 2.75) is 26.8 Å². The minimum atomic E-state index is -0.757. The number of aromatic nitrogens is 1. The summed E-state index contributed by atoms with van der Waals surface area (Å²) in [4.78, 5) is 44.8. The van der Waals surface area contributed by atoms with Gasteiger partial charge in [-0.05, 0) is 50.6 Å². The smallest absolute Gasteiger partial charge is 0.338 e. The Bertz CT molecular complexity index is 1600. The number of anilines is 1. The summed E-state index contributed by atoms with van der Waals surface area (Å²) in [6.07, 6.45) is 0. The van der Waals surface area contributed by atoms with Crippen LogP contribution in [0.15, 0.2) is 63.5 Å². The second kappa shape index (κ2) is 8.66. The second-order valence-electron chi connectivity index (χ2n) is 8.27. The van der Waals surface area contributed by atoms with E-state index in [1.807, 2.05) is 37.3 Å². The molecule has 178 valence electrons. The number of hydrogen-bond donors (Lipinski definition) is 1. The van der Waals surface area contributed by atoms with Crippen molar-refractivity contribution in [3.05, 3.63) is 90.1 Å². The van der Waals surface area contributed by atoms with Crippen LogP contribution in [0.5, 0.6) is 5.75 Å². The van der Waals surface area contributed by atoms with Gasteiger partial charge in [-0.15, -0.1) is 0 Å². The van der Waals surface area contributed by atoms with Crippen molar-refractivity contribution in [2.24, 2.45) is 4.99 Å². The van der Waals surface area contributed by atoms with E-state index in [4.69, 9.17) is 9.47 Å². The summed E-state index contributed by atoms with van der Waals surface area (Å²) in [6, 6.07) is 12.0. The highest BCUT2D eigenvalue weighted by Gasteiger charge is 2.35. The maximum atomic E-state index is 13.9. The molecule has 0 fully saturated rings. The number of nitrogens with zero attached hydrogens (tertiary/aromatic N) is 2. The predicted octanol–water partition coefficient (Wildman–Crippen LogP) is 2.44. The Balaban J connectivity index is 1.81. The maximum Gasteiger partial charge on any atom is 0.338 e. The Labute approximate surface area is 204 Å². The molecule has 0 aliphatic carbocycles. The Morgan fingerprint density at radius 1 is 1.14 bits per heavy atom. The van der Waals surface area contributed by atoms with Gasteiger partial charge >= 0.3 is 5.97 Å². The number of thiazole rings is 1. The number of rotatable bonds is 4. The van der Waals surface area contributed by atoms with Crippen LogP contribution >= 0.6 is 11.3 Å². The van der Waals surface area contributed by atoms with Crippen molar-refractivity contribution in [3.8, 4) is 5.75 Å². The molecule has 0 saturated heterocycles. The Kier molecular flexibility index (Phi) is 5.64. The number of aryl methyl sites for hydroxylation is 1. The Morgan fingerprint density at radius 3 is 2.57 bits per heavy atom. The Hall–Kier alpha value is -3.98. The molecule has 3 aromatic rings. The largest absolute Gasteiger partial charge is 0.497 e. The molecule has 0 radical (unpaired) electrons. The maximum absolute atomic E-state index is 13.9. The molecule has 5 rings (SSSR count). The van der Waals surface area contributed by atoms with Crippen molar-refractivity contribution in [1.82, 2.24) is 4.57 Å². The van der Waals surface area contributed by atoms with Crippen LogP contribution in [0.1, 0.15) is 36.6 Å². The van der Waals surface area contributed by atoms with E-state index in [0.29, 0.717) is 38.6 Å². The number of allylic oxidation sites excluding steroid dienone is 1. The number of fused-ring (bicyclic) bond motifs is 2. The first-order valence-electron chi connectivity index (χ1n) is 11.1. The van der Waals surface area contributed by atoms with Gasteiger partial charge in [-0.1, -0.05) is 35.1 Å². The molecule has 3 heterocycles. The first kappa shape index (κ1) is 22.8. The Morgan fingerprint density at radius 2 is 1.89 bits per heavy atom. The molecule has 0 bridgehead atoms. The van der Waals surface area contributed by atoms with Gasteiger partial charge in [0, 0.05) is 11.3 Å². The third-order valence-electron chi connectivity index (χ3n) is 6.07. The first-order chi connectivity index (χ1) is 16.8. The summed E-state index contributed by atoms with van der Waals surface area (Å²) in [7, 11) is 1.57. The number of carbonyl (C=O) groups excluding carboxylic acids is 2. The van der Waals surface area contributed by atoms with Crippen molar-refractivity contribution in [1.29, 1.82) is 0 Å². The summed E-state index contributed by atoms with van der Waals surface area (Å²) in [6.45, 7) is 5.58. The zero-order valence-corrected chi connectivity index (χ0v) is 20.5. The number of hydrogen-bond acceptors (Lipinski definition) is 7. The summed E-state index contributed by atoms with van der Waals surface area (Å²) < 4.78 is 12.4. The van der Waals surface area contributed by atoms with Gasteiger partial charge in [0.2, 0.25) is 0 Å². The van der Waals surface area contributed by atoms with E-state index < -0.39 is 12.0 Å². The number of carbonyl (C=O) groups is 2. The van der Waals surface area contributed by atoms with Crippen LogP contribution < -0.4 is 24.9 Å². The molecule has 1 N–H and O–H groups in total. The number of benzene rings is 2. The first-order valence-corrected chi connectivity index (χ1v) is 11.9. The summed E-state index contributed by atoms with van der Waals surface area (Å²) in [5, 5.41) is 2.84. The summed E-state index contributed by atoms with van der Waals surface area (Å²) in [5.74, 6) is -0.221. The van der Waals surface area contributed by atoms with Gasteiger partial charge < -0.3 is 14.8 Å². The normalized spacial score (nSPS) is 17.9.